The molecule has 5 rings (SSSR count). The lowest BCUT2D eigenvalue weighted by Gasteiger charge is -2.42. The van der Waals surface area contributed by atoms with Gasteiger partial charge in [-0.25, -0.2) is 13.2 Å². The van der Waals surface area contributed by atoms with Crippen LogP contribution in [0.4, 0.5) is 0 Å². The summed E-state index contributed by atoms with van der Waals surface area (Å²) in [5, 5.41) is 23.7. The summed E-state index contributed by atoms with van der Waals surface area (Å²) in [6, 6.07) is -1.19. The zero-order chi connectivity index (χ0) is 56.8. The SMILES string of the molecule is C=C1[C@H](C)C[C@H](C)/C=C/C=C/C=C(\C)[C@@H](OC)C[C@@H]2CC[C@@H](C)[C@@](O)(O2)C(=O)C(=O)N2CCCC[C@H]2C(=O)O[C@H]([C@H](C)C[C@@H]2CC[C@@H](OC(=O)CS(=O)(=O)C[C@@H]3CCOC3)[C@H](OC)C2)CC(=O)[C@H](C)/C=C(\C)[C@@H](O)[C@H]1OC. The van der Waals surface area contributed by atoms with Gasteiger partial charge in [0.2, 0.25) is 5.79 Å². The number of carbonyl (C=O) groups excluding carboxylic acids is 5. The molecule has 2 bridgehead atoms. The normalized spacial score (nSPS) is 38.1. The van der Waals surface area contributed by atoms with Crippen LogP contribution in [0.1, 0.15) is 132 Å². The molecular weight excluding hydrogens is 1010 g/mol. The Morgan fingerprint density at radius 2 is 1.62 bits per heavy atom. The van der Waals surface area contributed by atoms with Gasteiger partial charge in [-0.15, -0.1) is 0 Å². The Morgan fingerprint density at radius 1 is 0.883 bits per heavy atom. The van der Waals surface area contributed by atoms with Crippen LogP contribution in [0.15, 0.2) is 59.8 Å². The largest absolute Gasteiger partial charge is 0.460 e. The zero-order valence-electron chi connectivity index (χ0n) is 47.5. The molecule has 0 unspecified atom stereocenters. The third-order valence-corrected chi connectivity index (χ3v) is 18.5. The van der Waals surface area contributed by atoms with Crippen molar-refractivity contribution < 1.29 is 75.8 Å². The van der Waals surface area contributed by atoms with E-state index in [0.717, 1.165) is 12.0 Å². The number of esters is 2. The summed E-state index contributed by atoms with van der Waals surface area (Å²) >= 11 is 0. The standard InChI is InChI=1S/C59H91NO16S/c1-36-17-13-12-14-18-37(2)50(70-9)31-46-22-20-42(7)59(67,76-46)56(64)57(65)60-25-16-15-19-47(60)58(66)75-51(32-48(61)39(4)28-41(6)54(63)55(72-11)43(8)38(3)27-36)40(5)29-44-21-23-49(52(30-44)71-10)74-53(62)35-77(68,69)34-45-24-26-73-33-45/h12-14,17-18,28,36,38-40,42,44-47,49-52,54-55,63,67H,8,15-16,19-27,29-35H2,1-7,9-11H3/b14-12+,17-13+,37-18+,41-28+/t36-,38-,39-,40-,42-,44+,45-,46+,47+,49-,50+,51+,52-,54-,55+,59-/m1/s1. The molecule has 1 saturated carbocycles. The molecule has 18 heteroatoms. The molecule has 1 amide bonds. The minimum Gasteiger partial charge on any atom is -0.460 e. The lowest BCUT2D eigenvalue weighted by atomic mass is 9.78. The number of allylic oxidation sites excluding steroid dienone is 6. The van der Waals surface area contributed by atoms with E-state index in [1.807, 2.05) is 45.1 Å². The second kappa shape index (κ2) is 29.5. The highest BCUT2D eigenvalue weighted by Crippen LogP contribution is 2.38. The smallest absolute Gasteiger partial charge is 0.329 e. The van der Waals surface area contributed by atoms with Gasteiger partial charge in [0.15, 0.2) is 9.84 Å². The monoisotopic (exact) mass is 1100 g/mol. The van der Waals surface area contributed by atoms with Crippen molar-refractivity contribution in [2.24, 2.45) is 41.4 Å². The molecule has 16 atom stereocenters. The molecule has 5 aliphatic rings. The van der Waals surface area contributed by atoms with Gasteiger partial charge < -0.3 is 48.3 Å². The van der Waals surface area contributed by atoms with E-state index in [1.54, 1.807) is 34.0 Å². The number of cyclic esters (lactones) is 1. The van der Waals surface area contributed by atoms with Crippen LogP contribution in [-0.2, 0) is 67.0 Å². The highest BCUT2D eigenvalue weighted by atomic mass is 32.2. The van der Waals surface area contributed by atoms with Gasteiger partial charge in [0.1, 0.15) is 42.0 Å². The molecule has 0 aromatic carbocycles. The average molecular weight is 1100 g/mol. The minimum atomic E-state index is -3.72. The molecule has 1 aliphatic carbocycles. The number of piperidine rings is 1. The summed E-state index contributed by atoms with van der Waals surface area (Å²) in [7, 11) is 0.882. The van der Waals surface area contributed by atoms with E-state index in [-0.39, 0.29) is 54.6 Å². The van der Waals surface area contributed by atoms with E-state index in [4.69, 9.17) is 33.2 Å². The molecule has 3 saturated heterocycles. The van der Waals surface area contributed by atoms with Crippen LogP contribution >= 0.6 is 0 Å². The fourth-order valence-corrected chi connectivity index (χ4v) is 13.4. The molecule has 0 aromatic heterocycles. The number of sulfone groups is 1. The third-order valence-electron chi connectivity index (χ3n) is 16.8. The van der Waals surface area contributed by atoms with Gasteiger partial charge in [-0.05, 0) is 131 Å². The number of rotatable bonds is 11. The molecule has 2 N–H and O–H groups in total. The first kappa shape index (κ1) is 63.9. The molecule has 77 heavy (non-hydrogen) atoms. The highest BCUT2D eigenvalue weighted by Gasteiger charge is 2.53. The molecule has 4 fully saturated rings. The predicted molar refractivity (Wildman–Crippen MR) is 291 cm³/mol. The van der Waals surface area contributed by atoms with Gasteiger partial charge in [-0.1, -0.05) is 77.7 Å². The van der Waals surface area contributed by atoms with Crippen molar-refractivity contribution in [3.63, 3.8) is 0 Å². The van der Waals surface area contributed by atoms with Crippen LogP contribution in [0.25, 0.3) is 0 Å². The van der Waals surface area contributed by atoms with E-state index in [9.17, 15) is 42.6 Å². The van der Waals surface area contributed by atoms with Crippen LogP contribution in [0, 0.1) is 41.4 Å². The maximum atomic E-state index is 14.6. The van der Waals surface area contributed by atoms with E-state index in [1.165, 1.54) is 19.1 Å². The lowest BCUT2D eigenvalue weighted by molar-refractivity contribution is -0.265. The quantitative estimate of drug-likeness (QED) is 0.119. The fourth-order valence-electron chi connectivity index (χ4n) is 11.9. The first-order valence-corrected chi connectivity index (χ1v) is 29.8. The lowest BCUT2D eigenvalue weighted by Crippen LogP contribution is -2.61. The van der Waals surface area contributed by atoms with Crippen LogP contribution in [0.3, 0.4) is 0 Å². The third kappa shape index (κ3) is 17.8. The fraction of sp³-hybridized carbons (Fsp3) is 0.746. The molecule has 0 spiro atoms. The highest BCUT2D eigenvalue weighted by molar-refractivity contribution is 7.92. The second-order valence-electron chi connectivity index (χ2n) is 23.0. The summed E-state index contributed by atoms with van der Waals surface area (Å²) in [5.41, 5.74) is 2.11. The maximum Gasteiger partial charge on any atom is 0.329 e. The van der Waals surface area contributed by atoms with Crippen molar-refractivity contribution in [3.8, 4) is 0 Å². The van der Waals surface area contributed by atoms with Gasteiger partial charge in [0.25, 0.3) is 11.7 Å². The van der Waals surface area contributed by atoms with Crippen LogP contribution in [-0.4, -0.2) is 160 Å². The Hall–Kier alpha value is -3.88. The number of nitrogens with zero attached hydrogens (tertiary/aromatic N) is 1. The summed E-state index contributed by atoms with van der Waals surface area (Å²) in [6.07, 6.45) is 11.8. The Balaban J connectivity index is 1.41. The van der Waals surface area contributed by atoms with E-state index in [0.29, 0.717) is 88.6 Å². The summed E-state index contributed by atoms with van der Waals surface area (Å²) < 4.78 is 66.8. The van der Waals surface area contributed by atoms with Crippen LogP contribution < -0.4 is 0 Å². The molecule has 0 radical (unpaired) electrons. The number of amides is 1. The summed E-state index contributed by atoms with van der Waals surface area (Å²) in [5.74, 6) is -9.44. The van der Waals surface area contributed by atoms with Crippen molar-refractivity contribution in [3.05, 3.63) is 59.8 Å². The molecule has 434 valence electrons. The predicted octanol–water partition coefficient (Wildman–Crippen LogP) is 7.17. The van der Waals surface area contributed by atoms with Gasteiger partial charge in [0.05, 0.1) is 30.7 Å². The number of aliphatic hydroxyl groups excluding tert-OH is 1. The Kier molecular flexibility index (Phi) is 24.5. The topological polar surface area (TPSA) is 228 Å². The maximum absolute atomic E-state index is 14.6. The number of Topliss-reactive ketones (excluding diaryl/α,β-unsaturated/α-hetero) is 2. The summed E-state index contributed by atoms with van der Waals surface area (Å²) in [4.78, 5) is 71.9. The van der Waals surface area contributed by atoms with Gasteiger partial charge >= 0.3 is 11.9 Å². The van der Waals surface area contributed by atoms with Gasteiger partial charge in [-0.2, -0.15) is 0 Å². The van der Waals surface area contributed by atoms with Crippen LogP contribution in [0.5, 0.6) is 0 Å². The average Bonchev–Trinajstić information content (AvgIpc) is 3.92. The number of aliphatic hydroxyl groups is 2. The second-order valence-corrected chi connectivity index (χ2v) is 25.1. The number of hydrogen-bond donors (Lipinski definition) is 2. The van der Waals surface area contributed by atoms with Gasteiger partial charge in [-0.3, -0.25) is 19.2 Å². The minimum absolute atomic E-state index is 0.0359. The van der Waals surface area contributed by atoms with Crippen molar-refractivity contribution in [1.82, 2.24) is 4.90 Å². The van der Waals surface area contributed by atoms with Crippen molar-refractivity contribution in [2.45, 2.75) is 186 Å². The first-order chi connectivity index (χ1) is 36.4. The van der Waals surface area contributed by atoms with E-state index in [2.05, 4.69) is 19.6 Å². The molecule has 17 nitrogen and oxygen atoms in total. The number of ketones is 2. The van der Waals surface area contributed by atoms with Crippen molar-refractivity contribution in [1.29, 1.82) is 0 Å². The van der Waals surface area contributed by atoms with Crippen molar-refractivity contribution in [2.75, 3.05) is 52.6 Å². The summed E-state index contributed by atoms with van der Waals surface area (Å²) in [6.45, 7) is 18.3. The molecule has 0 aromatic rings. The molecular formula is C59H91NO16S. The van der Waals surface area contributed by atoms with Crippen molar-refractivity contribution >= 4 is 39.2 Å². The van der Waals surface area contributed by atoms with Crippen LogP contribution in [0.2, 0.25) is 0 Å². The number of carbonyl (C=O) groups is 5. The first-order valence-electron chi connectivity index (χ1n) is 28.0. The molecule has 4 aliphatic heterocycles. The number of methoxy groups -OCH3 is 3. The molecule has 4 heterocycles. The number of hydrogen-bond acceptors (Lipinski definition) is 16. The Labute approximate surface area is 458 Å². The van der Waals surface area contributed by atoms with E-state index >= 15 is 0 Å². The zero-order valence-corrected chi connectivity index (χ0v) is 48.3. The Bertz CT molecular complexity index is 2270. The number of ether oxygens (including phenoxy) is 7. The van der Waals surface area contributed by atoms with E-state index < -0.39 is 112 Å². The Morgan fingerprint density at radius 3 is 2.30 bits per heavy atom. The number of fused-ring (bicyclic) bond motifs is 3. The van der Waals surface area contributed by atoms with Gasteiger partial charge in [0, 0.05) is 59.2 Å².